The van der Waals surface area contributed by atoms with Crippen LogP contribution >= 0.6 is 0 Å². The molecular formula is C12H22N2O. The molecule has 0 fully saturated rings. The van der Waals surface area contributed by atoms with Crippen molar-refractivity contribution in [2.24, 2.45) is 0 Å². The van der Waals surface area contributed by atoms with E-state index in [0.717, 1.165) is 18.0 Å². The summed E-state index contributed by atoms with van der Waals surface area (Å²) in [6.45, 7) is 7.19. The van der Waals surface area contributed by atoms with Crippen molar-refractivity contribution in [3.63, 3.8) is 0 Å². The maximum atomic E-state index is 5.15. The Hall–Kier alpha value is -0.830. The molecule has 0 aliphatic carbocycles. The van der Waals surface area contributed by atoms with Gasteiger partial charge in [-0.2, -0.15) is 0 Å². The quantitative estimate of drug-likeness (QED) is 0.751. The topological polar surface area (TPSA) is 38.1 Å². The first-order valence-electron chi connectivity index (χ1n) is 5.91. The monoisotopic (exact) mass is 210 g/mol. The van der Waals surface area contributed by atoms with Gasteiger partial charge in [-0.3, -0.25) is 0 Å². The molecule has 1 heterocycles. The Bertz CT molecular complexity index is 270. The Balaban J connectivity index is 2.27. The van der Waals surface area contributed by atoms with E-state index >= 15 is 0 Å². The number of aromatic nitrogens is 1. The Kier molecular flexibility index (Phi) is 5.40. The summed E-state index contributed by atoms with van der Waals surface area (Å²) in [5.74, 6) is 0.933. The van der Waals surface area contributed by atoms with E-state index in [1.54, 1.807) is 0 Å². The van der Waals surface area contributed by atoms with Crippen molar-refractivity contribution in [2.45, 2.75) is 59.0 Å². The fourth-order valence-electron chi connectivity index (χ4n) is 1.65. The third kappa shape index (κ3) is 4.47. The van der Waals surface area contributed by atoms with Crippen molar-refractivity contribution >= 4 is 0 Å². The van der Waals surface area contributed by atoms with E-state index in [1.165, 1.54) is 25.7 Å². The van der Waals surface area contributed by atoms with Crippen LogP contribution in [0, 0.1) is 6.92 Å². The Morgan fingerprint density at radius 1 is 1.47 bits per heavy atom. The normalized spacial score (nSPS) is 13.0. The predicted molar refractivity (Wildman–Crippen MR) is 61.7 cm³/mol. The highest BCUT2D eigenvalue weighted by Crippen LogP contribution is 2.07. The lowest BCUT2D eigenvalue weighted by atomic mass is 10.1. The molecule has 0 bridgehead atoms. The summed E-state index contributed by atoms with van der Waals surface area (Å²) in [4.78, 5) is 0. The van der Waals surface area contributed by atoms with Gasteiger partial charge in [0.25, 0.3) is 0 Å². The van der Waals surface area contributed by atoms with Crippen molar-refractivity contribution in [3.05, 3.63) is 17.5 Å². The minimum Gasteiger partial charge on any atom is -0.360 e. The van der Waals surface area contributed by atoms with Gasteiger partial charge in [-0.25, -0.2) is 0 Å². The Labute approximate surface area is 92.2 Å². The largest absolute Gasteiger partial charge is 0.360 e. The second-order valence-corrected chi connectivity index (χ2v) is 4.06. The first-order valence-corrected chi connectivity index (χ1v) is 5.91. The van der Waals surface area contributed by atoms with E-state index in [0.29, 0.717) is 6.04 Å². The zero-order chi connectivity index (χ0) is 11.1. The smallest absolute Gasteiger partial charge is 0.150 e. The van der Waals surface area contributed by atoms with Gasteiger partial charge in [0.2, 0.25) is 0 Å². The van der Waals surface area contributed by atoms with Gasteiger partial charge in [0.15, 0.2) is 5.76 Å². The Morgan fingerprint density at radius 3 is 2.80 bits per heavy atom. The van der Waals surface area contributed by atoms with Crippen LogP contribution in [0.3, 0.4) is 0 Å². The van der Waals surface area contributed by atoms with E-state index in [1.807, 2.05) is 13.0 Å². The highest BCUT2D eigenvalue weighted by Gasteiger charge is 2.06. The molecule has 3 heteroatoms. The maximum absolute atomic E-state index is 5.15. The molecule has 1 unspecified atom stereocenters. The molecule has 0 amide bonds. The molecule has 0 saturated carbocycles. The third-order valence-corrected chi connectivity index (χ3v) is 2.64. The van der Waals surface area contributed by atoms with Gasteiger partial charge in [0.1, 0.15) is 0 Å². The van der Waals surface area contributed by atoms with Crippen molar-refractivity contribution in [1.82, 2.24) is 10.5 Å². The van der Waals surface area contributed by atoms with Crippen LogP contribution in [0.15, 0.2) is 10.6 Å². The molecule has 86 valence electrons. The summed E-state index contributed by atoms with van der Waals surface area (Å²) >= 11 is 0. The number of rotatable bonds is 7. The predicted octanol–water partition coefficient (Wildman–Crippen LogP) is 3.04. The number of nitrogens with one attached hydrogen (secondary N) is 1. The summed E-state index contributed by atoms with van der Waals surface area (Å²) < 4.78 is 5.15. The van der Waals surface area contributed by atoms with E-state index in [2.05, 4.69) is 24.3 Å². The first-order chi connectivity index (χ1) is 7.26. The van der Waals surface area contributed by atoms with Crippen LogP contribution in [0.25, 0.3) is 0 Å². The molecule has 0 aliphatic rings. The van der Waals surface area contributed by atoms with Gasteiger partial charge < -0.3 is 9.84 Å². The second kappa shape index (κ2) is 6.62. The molecule has 0 aromatic carbocycles. The maximum Gasteiger partial charge on any atom is 0.150 e. The first kappa shape index (κ1) is 12.2. The number of hydrogen-bond acceptors (Lipinski definition) is 3. The van der Waals surface area contributed by atoms with Crippen LogP contribution in [0.2, 0.25) is 0 Å². The summed E-state index contributed by atoms with van der Waals surface area (Å²) in [7, 11) is 0. The minimum absolute atomic E-state index is 0.607. The average molecular weight is 210 g/mol. The van der Waals surface area contributed by atoms with E-state index in [4.69, 9.17) is 4.52 Å². The number of nitrogens with zero attached hydrogens (tertiary/aromatic N) is 1. The van der Waals surface area contributed by atoms with Gasteiger partial charge in [-0.15, -0.1) is 0 Å². The molecule has 1 aromatic heterocycles. The van der Waals surface area contributed by atoms with E-state index in [-0.39, 0.29) is 0 Å². The molecule has 0 aliphatic heterocycles. The van der Waals surface area contributed by atoms with Crippen LogP contribution in [0.4, 0.5) is 0 Å². The molecule has 0 saturated heterocycles. The van der Waals surface area contributed by atoms with Gasteiger partial charge >= 0.3 is 0 Å². The van der Waals surface area contributed by atoms with Crippen LogP contribution < -0.4 is 5.32 Å². The minimum atomic E-state index is 0.607. The standard InChI is InChI=1S/C12H22N2O/c1-4-6-7-11(5-2)13-9-12-8-10(3)14-15-12/h8,11,13H,4-7,9H2,1-3H3. The number of hydrogen-bond donors (Lipinski definition) is 1. The van der Waals surface area contributed by atoms with Gasteiger partial charge in [0, 0.05) is 12.1 Å². The average Bonchev–Trinajstić information content (AvgIpc) is 2.65. The zero-order valence-corrected chi connectivity index (χ0v) is 10.0. The van der Waals surface area contributed by atoms with Gasteiger partial charge in [-0.1, -0.05) is 31.8 Å². The molecule has 1 N–H and O–H groups in total. The van der Waals surface area contributed by atoms with Gasteiger partial charge in [-0.05, 0) is 19.8 Å². The Morgan fingerprint density at radius 2 is 2.27 bits per heavy atom. The van der Waals surface area contributed by atoms with Crippen molar-refractivity contribution in [3.8, 4) is 0 Å². The summed E-state index contributed by atoms with van der Waals surface area (Å²) in [6.07, 6.45) is 4.98. The zero-order valence-electron chi connectivity index (χ0n) is 10.0. The van der Waals surface area contributed by atoms with E-state index in [9.17, 15) is 0 Å². The molecule has 1 atom stereocenters. The third-order valence-electron chi connectivity index (χ3n) is 2.64. The summed E-state index contributed by atoms with van der Waals surface area (Å²) in [5.41, 5.74) is 0.952. The summed E-state index contributed by atoms with van der Waals surface area (Å²) in [6, 6.07) is 2.59. The lowest BCUT2D eigenvalue weighted by Crippen LogP contribution is -2.27. The summed E-state index contributed by atoms with van der Waals surface area (Å²) in [5, 5.41) is 7.37. The lowest BCUT2D eigenvalue weighted by Gasteiger charge is -2.15. The fourth-order valence-corrected chi connectivity index (χ4v) is 1.65. The molecule has 0 radical (unpaired) electrons. The lowest BCUT2D eigenvalue weighted by molar-refractivity contribution is 0.352. The number of unbranched alkanes of at least 4 members (excludes halogenated alkanes) is 1. The number of aryl methyl sites for hydroxylation is 1. The van der Waals surface area contributed by atoms with Crippen molar-refractivity contribution in [1.29, 1.82) is 0 Å². The molecular weight excluding hydrogens is 188 g/mol. The van der Waals surface area contributed by atoms with Crippen LogP contribution in [-0.2, 0) is 6.54 Å². The van der Waals surface area contributed by atoms with Crippen LogP contribution in [0.5, 0.6) is 0 Å². The molecule has 0 spiro atoms. The second-order valence-electron chi connectivity index (χ2n) is 4.06. The van der Waals surface area contributed by atoms with Crippen LogP contribution in [-0.4, -0.2) is 11.2 Å². The van der Waals surface area contributed by atoms with Crippen LogP contribution in [0.1, 0.15) is 51.0 Å². The van der Waals surface area contributed by atoms with Crippen molar-refractivity contribution in [2.75, 3.05) is 0 Å². The molecule has 3 nitrogen and oxygen atoms in total. The molecule has 1 rings (SSSR count). The highest BCUT2D eigenvalue weighted by molar-refractivity contribution is 5.02. The molecule has 1 aromatic rings. The SMILES string of the molecule is CCCCC(CC)NCc1cc(C)no1. The molecule has 15 heavy (non-hydrogen) atoms. The van der Waals surface area contributed by atoms with Gasteiger partial charge in [0.05, 0.1) is 12.2 Å². The van der Waals surface area contributed by atoms with Crippen molar-refractivity contribution < 1.29 is 4.52 Å². The highest BCUT2D eigenvalue weighted by atomic mass is 16.5. The fraction of sp³-hybridized carbons (Fsp3) is 0.750. The van der Waals surface area contributed by atoms with E-state index < -0.39 is 0 Å².